The maximum atomic E-state index is 11.6. The van der Waals surface area contributed by atoms with Crippen LogP contribution in [0.3, 0.4) is 0 Å². The summed E-state index contributed by atoms with van der Waals surface area (Å²) in [6.07, 6.45) is 3.31. The number of aliphatic carboxylic acids is 1. The summed E-state index contributed by atoms with van der Waals surface area (Å²) in [5, 5.41) is 14.0. The molecule has 96 valence electrons. The fraction of sp³-hybridized carbons (Fsp3) is 0.818. The summed E-state index contributed by atoms with van der Waals surface area (Å²) in [5.41, 5.74) is 0. The Morgan fingerprint density at radius 1 is 1.47 bits per heavy atom. The van der Waals surface area contributed by atoms with E-state index in [0.29, 0.717) is 6.10 Å². The van der Waals surface area contributed by atoms with Crippen molar-refractivity contribution < 1.29 is 19.4 Å². The van der Waals surface area contributed by atoms with E-state index in [0.717, 1.165) is 19.3 Å². The van der Waals surface area contributed by atoms with Crippen LogP contribution < -0.4 is 10.6 Å². The van der Waals surface area contributed by atoms with Gasteiger partial charge >= 0.3 is 12.0 Å². The molecule has 2 aliphatic heterocycles. The molecule has 17 heavy (non-hydrogen) atoms. The van der Waals surface area contributed by atoms with E-state index >= 15 is 0 Å². The van der Waals surface area contributed by atoms with Gasteiger partial charge in [-0.25, -0.2) is 4.79 Å². The maximum Gasteiger partial charge on any atom is 0.315 e. The van der Waals surface area contributed by atoms with E-state index in [2.05, 4.69) is 10.6 Å². The molecule has 2 aliphatic rings. The summed E-state index contributed by atoms with van der Waals surface area (Å²) in [6, 6.07) is -0.599. The molecular weight excluding hydrogens is 224 g/mol. The second-order valence-electron chi connectivity index (χ2n) is 4.83. The van der Waals surface area contributed by atoms with Gasteiger partial charge in [-0.1, -0.05) is 0 Å². The summed E-state index contributed by atoms with van der Waals surface area (Å²) in [5.74, 6) is -0.916. The lowest BCUT2D eigenvalue weighted by Gasteiger charge is -2.21. The van der Waals surface area contributed by atoms with Gasteiger partial charge in [-0.15, -0.1) is 0 Å². The molecule has 0 aliphatic carbocycles. The number of fused-ring (bicyclic) bond motifs is 2. The lowest BCUT2D eigenvalue weighted by Crippen LogP contribution is -2.49. The van der Waals surface area contributed by atoms with Crippen LogP contribution >= 0.6 is 0 Å². The summed E-state index contributed by atoms with van der Waals surface area (Å²) < 4.78 is 5.62. The second-order valence-corrected chi connectivity index (χ2v) is 4.83. The van der Waals surface area contributed by atoms with Gasteiger partial charge in [0, 0.05) is 6.04 Å². The molecule has 0 spiro atoms. The van der Waals surface area contributed by atoms with Crippen molar-refractivity contribution in [2.45, 2.75) is 56.9 Å². The summed E-state index contributed by atoms with van der Waals surface area (Å²) in [4.78, 5) is 22.0. The Balaban J connectivity index is 1.72. The molecule has 0 aromatic heterocycles. The Labute approximate surface area is 99.7 Å². The third kappa shape index (κ3) is 3.09. The molecule has 2 rings (SSSR count). The van der Waals surface area contributed by atoms with Crippen LogP contribution in [0.25, 0.3) is 0 Å². The summed E-state index contributed by atoms with van der Waals surface area (Å²) in [7, 11) is 0. The van der Waals surface area contributed by atoms with Crippen LogP contribution in [0.4, 0.5) is 4.79 Å². The highest BCUT2D eigenvalue weighted by molar-refractivity contribution is 5.76. The maximum absolute atomic E-state index is 11.6. The fourth-order valence-corrected chi connectivity index (χ4v) is 2.54. The van der Waals surface area contributed by atoms with Crippen molar-refractivity contribution in [3.8, 4) is 0 Å². The van der Waals surface area contributed by atoms with E-state index in [1.165, 1.54) is 0 Å². The molecule has 2 amide bonds. The molecule has 0 radical (unpaired) electrons. The number of nitrogens with one attached hydrogen (secondary N) is 2. The van der Waals surface area contributed by atoms with Gasteiger partial charge in [0.15, 0.2) is 0 Å². The van der Waals surface area contributed by atoms with Crippen molar-refractivity contribution in [1.82, 2.24) is 10.6 Å². The third-order valence-electron chi connectivity index (χ3n) is 3.28. The number of urea groups is 1. The number of ether oxygens (including phenoxy) is 1. The number of carbonyl (C=O) groups excluding carboxylic acids is 1. The number of rotatable bonds is 4. The number of amides is 2. The summed E-state index contributed by atoms with van der Waals surface area (Å²) >= 11 is 0. The minimum absolute atomic E-state index is 0.0688. The normalized spacial score (nSPS) is 32.2. The van der Waals surface area contributed by atoms with Crippen LogP contribution in [0.2, 0.25) is 0 Å². The highest BCUT2D eigenvalue weighted by Gasteiger charge is 2.41. The first-order valence-corrected chi connectivity index (χ1v) is 5.99. The molecule has 2 heterocycles. The molecule has 2 fully saturated rings. The zero-order valence-electron chi connectivity index (χ0n) is 9.81. The van der Waals surface area contributed by atoms with Crippen LogP contribution in [0.15, 0.2) is 0 Å². The Morgan fingerprint density at radius 2 is 2.24 bits per heavy atom. The largest absolute Gasteiger partial charge is 0.481 e. The van der Waals surface area contributed by atoms with Crippen molar-refractivity contribution >= 4 is 12.0 Å². The molecule has 2 bridgehead atoms. The Kier molecular flexibility index (Phi) is 3.51. The van der Waals surface area contributed by atoms with Crippen molar-refractivity contribution in [2.24, 2.45) is 0 Å². The zero-order chi connectivity index (χ0) is 12.4. The van der Waals surface area contributed by atoms with Crippen LogP contribution in [-0.4, -0.2) is 41.4 Å². The van der Waals surface area contributed by atoms with Gasteiger partial charge in [0.2, 0.25) is 0 Å². The van der Waals surface area contributed by atoms with E-state index in [1.807, 2.05) is 0 Å². The van der Waals surface area contributed by atoms with Gasteiger partial charge in [0.1, 0.15) is 0 Å². The summed E-state index contributed by atoms with van der Waals surface area (Å²) in [6.45, 7) is 1.67. The molecule has 0 aromatic carbocycles. The quantitative estimate of drug-likeness (QED) is 0.668. The molecule has 4 atom stereocenters. The number of carbonyl (C=O) groups is 2. The van der Waals surface area contributed by atoms with Crippen LogP contribution in [-0.2, 0) is 9.53 Å². The lowest BCUT2D eigenvalue weighted by atomic mass is 9.96. The topological polar surface area (TPSA) is 87.7 Å². The van der Waals surface area contributed by atoms with E-state index < -0.39 is 5.97 Å². The van der Waals surface area contributed by atoms with Gasteiger partial charge in [-0.3, -0.25) is 4.79 Å². The van der Waals surface area contributed by atoms with Gasteiger partial charge in [-0.05, 0) is 26.2 Å². The van der Waals surface area contributed by atoms with Crippen molar-refractivity contribution in [3.05, 3.63) is 0 Å². The first-order chi connectivity index (χ1) is 8.04. The smallest absolute Gasteiger partial charge is 0.315 e. The van der Waals surface area contributed by atoms with Crippen molar-refractivity contribution in [2.75, 3.05) is 0 Å². The average Bonchev–Trinajstić information content (AvgIpc) is 2.76. The molecule has 6 heteroatoms. The Bertz CT molecular complexity index is 321. The highest BCUT2D eigenvalue weighted by Crippen LogP contribution is 2.34. The van der Waals surface area contributed by atoms with Crippen molar-refractivity contribution in [1.29, 1.82) is 0 Å². The lowest BCUT2D eigenvalue weighted by molar-refractivity contribution is -0.137. The first kappa shape index (κ1) is 12.2. The van der Waals surface area contributed by atoms with Crippen LogP contribution in [0, 0.1) is 0 Å². The Morgan fingerprint density at radius 3 is 2.76 bits per heavy atom. The number of hydrogen-bond acceptors (Lipinski definition) is 3. The standard InChI is InChI=1S/C11H18N2O4/c1-6(4-10(14)15)12-11(16)13-8-5-7-2-3-9(8)17-7/h6-9H,2-5H2,1H3,(H,14,15)(H2,12,13,16). The third-order valence-corrected chi connectivity index (χ3v) is 3.28. The SMILES string of the molecule is CC(CC(=O)O)NC(=O)NC1CC2CCC1O2. The monoisotopic (exact) mass is 242 g/mol. The molecule has 0 saturated carbocycles. The van der Waals surface area contributed by atoms with Gasteiger partial charge in [0.25, 0.3) is 0 Å². The predicted octanol–water partition coefficient (Wildman–Crippen LogP) is 0.469. The second kappa shape index (κ2) is 4.91. The van der Waals surface area contributed by atoms with E-state index in [-0.39, 0.29) is 30.6 Å². The number of carboxylic acids is 1. The van der Waals surface area contributed by atoms with Gasteiger partial charge in [0.05, 0.1) is 24.7 Å². The molecule has 3 N–H and O–H groups in total. The zero-order valence-corrected chi connectivity index (χ0v) is 9.81. The van der Waals surface area contributed by atoms with E-state index in [4.69, 9.17) is 9.84 Å². The van der Waals surface area contributed by atoms with Crippen molar-refractivity contribution in [3.63, 3.8) is 0 Å². The van der Waals surface area contributed by atoms with Gasteiger partial charge < -0.3 is 20.5 Å². The van der Waals surface area contributed by atoms with Gasteiger partial charge in [-0.2, -0.15) is 0 Å². The molecule has 4 unspecified atom stereocenters. The average molecular weight is 242 g/mol. The molecule has 2 saturated heterocycles. The van der Waals surface area contributed by atoms with E-state index in [1.54, 1.807) is 6.92 Å². The van der Waals surface area contributed by atoms with E-state index in [9.17, 15) is 9.59 Å². The van der Waals surface area contributed by atoms with Crippen LogP contribution in [0.1, 0.15) is 32.6 Å². The first-order valence-electron chi connectivity index (χ1n) is 5.99. The fourth-order valence-electron chi connectivity index (χ4n) is 2.54. The minimum atomic E-state index is -0.916. The molecule has 0 aromatic rings. The minimum Gasteiger partial charge on any atom is -0.481 e. The molecular formula is C11H18N2O4. The Hall–Kier alpha value is -1.30. The molecule has 6 nitrogen and oxygen atoms in total. The predicted molar refractivity (Wildman–Crippen MR) is 59.7 cm³/mol. The van der Waals surface area contributed by atoms with Crippen LogP contribution in [0.5, 0.6) is 0 Å². The number of hydrogen-bond donors (Lipinski definition) is 3. The highest BCUT2D eigenvalue weighted by atomic mass is 16.5. The number of carboxylic acid groups (broad SMARTS) is 1.